The molecule has 1 aromatic rings. The minimum absolute atomic E-state index is 0.425. The third-order valence-corrected chi connectivity index (χ3v) is 5.98. The van der Waals surface area contributed by atoms with E-state index in [0.29, 0.717) is 4.75 Å². The molecule has 1 saturated carbocycles. The van der Waals surface area contributed by atoms with Gasteiger partial charge in [-0.25, -0.2) is 0 Å². The minimum atomic E-state index is 0.425. The molecule has 3 N–H and O–H groups in total. The SMILES string of the molecule is CSC1(CNc2cc(C)c(N)cc2Br)CCCC1. The summed E-state index contributed by atoms with van der Waals surface area (Å²) >= 11 is 5.59. The van der Waals surface area contributed by atoms with Gasteiger partial charge in [0.05, 0.1) is 0 Å². The van der Waals surface area contributed by atoms with E-state index >= 15 is 0 Å². The molecule has 0 aromatic heterocycles. The molecular weight excluding hydrogens is 308 g/mol. The monoisotopic (exact) mass is 328 g/mol. The quantitative estimate of drug-likeness (QED) is 0.803. The van der Waals surface area contributed by atoms with Crippen LogP contribution in [0.3, 0.4) is 0 Å². The molecule has 18 heavy (non-hydrogen) atoms. The summed E-state index contributed by atoms with van der Waals surface area (Å²) in [6.07, 6.45) is 7.62. The molecule has 0 amide bonds. The van der Waals surface area contributed by atoms with Gasteiger partial charge in [-0.3, -0.25) is 0 Å². The number of thioether (sulfide) groups is 1. The largest absolute Gasteiger partial charge is 0.398 e. The smallest absolute Gasteiger partial charge is 0.0489 e. The maximum Gasteiger partial charge on any atom is 0.0489 e. The molecular formula is C14H21BrN2S. The lowest BCUT2D eigenvalue weighted by molar-refractivity contribution is 0.640. The van der Waals surface area contributed by atoms with E-state index in [1.165, 1.54) is 25.7 Å². The maximum atomic E-state index is 5.90. The second-order valence-corrected chi connectivity index (χ2v) is 7.27. The summed E-state index contributed by atoms with van der Waals surface area (Å²) in [7, 11) is 0. The van der Waals surface area contributed by atoms with E-state index in [4.69, 9.17) is 5.73 Å². The van der Waals surface area contributed by atoms with Gasteiger partial charge >= 0.3 is 0 Å². The van der Waals surface area contributed by atoms with Crippen molar-refractivity contribution in [2.45, 2.75) is 37.4 Å². The van der Waals surface area contributed by atoms with Gasteiger partial charge in [0.2, 0.25) is 0 Å². The molecule has 0 bridgehead atoms. The molecule has 100 valence electrons. The molecule has 0 radical (unpaired) electrons. The van der Waals surface area contributed by atoms with Crippen LogP contribution in [-0.4, -0.2) is 17.5 Å². The number of hydrogen-bond donors (Lipinski definition) is 2. The molecule has 0 unspecified atom stereocenters. The number of aryl methyl sites for hydroxylation is 1. The third kappa shape index (κ3) is 2.97. The molecule has 2 nitrogen and oxygen atoms in total. The van der Waals surface area contributed by atoms with Crippen LogP contribution >= 0.6 is 27.7 Å². The first-order chi connectivity index (χ1) is 8.56. The van der Waals surface area contributed by atoms with Crippen LogP contribution in [0, 0.1) is 6.92 Å². The van der Waals surface area contributed by atoms with Gasteiger partial charge in [0.15, 0.2) is 0 Å². The Morgan fingerprint density at radius 2 is 2.06 bits per heavy atom. The predicted molar refractivity (Wildman–Crippen MR) is 86.5 cm³/mol. The fourth-order valence-corrected chi connectivity index (χ4v) is 3.98. The minimum Gasteiger partial charge on any atom is -0.398 e. The number of nitrogens with two attached hydrogens (primary N) is 1. The Kier molecular flexibility index (Phi) is 4.49. The van der Waals surface area contributed by atoms with E-state index in [0.717, 1.165) is 28.0 Å². The number of benzene rings is 1. The summed E-state index contributed by atoms with van der Waals surface area (Å²) in [6, 6.07) is 4.11. The Morgan fingerprint density at radius 1 is 1.39 bits per heavy atom. The molecule has 1 fully saturated rings. The zero-order chi connectivity index (χ0) is 13.2. The average molecular weight is 329 g/mol. The second kappa shape index (κ2) is 5.74. The summed E-state index contributed by atoms with van der Waals surface area (Å²) < 4.78 is 1.48. The molecule has 0 atom stereocenters. The summed E-state index contributed by atoms with van der Waals surface area (Å²) in [6.45, 7) is 3.09. The van der Waals surface area contributed by atoms with Crippen molar-refractivity contribution in [3.05, 3.63) is 22.2 Å². The van der Waals surface area contributed by atoms with Crippen molar-refractivity contribution in [2.75, 3.05) is 23.9 Å². The average Bonchev–Trinajstić information content (AvgIpc) is 2.82. The highest BCUT2D eigenvalue weighted by Crippen LogP contribution is 2.40. The van der Waals surface area contributed by atoms with E-state index < -0.39 is 0 Å². The van der Waals surface area contributed by atoms with Crippen LogP contribution in [0.5, 0.6) is 0 Å². The van der Waals surface area contributed by atoms with Gasteiger partial charge in [0, 0.05) is 27.1 Å². The van der Waals surface area contributed by atoms with Crippen LogP contribution in [0.1, 0.15) is 31.2 Å². The molecule has 0 aliphatic heterocycles. The van der Waals surface area contributed by atoms with E-state index in [1.807, 2.05) is 24.8 Å². The lowest BCUT2D eigenvalue weighted by Crippen LogP contribution is -2.30. The van der Waals surface area contributed by atoms with Crippen LogP contribution < -0.4 is 11.1 Å². The highest BCUT2D eigenvalue weighted by Gasteiger charge is 2.32. The number of halogens is 1. The van der Waals surface area contributed by atoms with Crippen molar-refractivity contribution >= 4 is 39.1 Å². The van der Waals surface area contributed by atoms with Crippen LogP contribution in [0.2, 0.25) is 0 Å². The molecule has 0 saturated heterocycles. The molecule has 2 rings (SSSR count). The third-order valence-electron chi connectivity index (χ3n) is 3.90. The van der Waals surface area contributed by atoms with Crippen LogP contribution in [0.4, 0.5) is 11.4 Å². The van der Waals surface area contributed by atoms with E-state index in [9.17, 15) is 0 Å². The molecule has 4 heteroatoms. The Hall–Kier alpha value is -0.350. The van der Waals surface area contributed by atoms with Crippen LogP contribution in [0.15, 0.2) is 16.6 Å². The lowest BCUT2D eigenvalue weighted by atomic mass is 10.1. The van der Waals surface area contributed by atoms with Gasteiger partial charge in [-0.05, 0) is 59.6 Å². The van der Waals surface area contributed by atoms with E-state index in [2.05, 4.69) is 33.6 Å². The highest BCUT2D eigenvalue weighted by atomic mass is 79.9. The van der Waals surface area contributed by atoms with Crippen LogP contribution in [-0.2, 0) is 0 Å². The highest BCUT2D eigenvalue weighted by molar-refractivity contribution is 9.10. The Labute approximate surface area is 122 Å². The first kappa shape index (κ1) is 14.1. The van der Waals surface area contributed by atoms with E-state index in [-0.39, 0.29) is 0 Å². The molecule has 1 aromatic carbocycles. The van der Waals surface area contributed by atoms with Crippen molar-refractivity contribution in [3.8, 4) is 0 Å². The molecule has 0 spiro atoms. The summed E-state index contributed by atoms with van der Waals surface area (Å²) in [5.74, 6) is 0. The number of nitrogen functional groups attached to an aromatic ring is 1. The number of hydrogen-bond acceptors (Lipinski definition) is 3. The van der Waals surface area contributed by atoms with Gasteiger partial charge in [0.25, 0.3) is 0 Å². The molecule has 1 aliphatic carbocycles. The Morgan fingerprint density at radius 3 is 2.67 bits per heavy atom. The van der Waals surface area contributed by atoms with Gasteiger partial charge in [-0.2, -0.15) is 11.8 Å². The normalized spacial score (nSPS) is 17.9. The Bertz CT molecular complexity index is 428. The zero-order valence-corrected chi connectivity index (χ0v) is 13.5. The second-order valence-electron chi connectivity index (χ2n) is 5.14. The van der Waals surface area contributed by atoms with Gasteiger partial charge < -0.3 is 11.1 Å². The van der Waals surface area contributed by atoms with E-state index in [1.54, 1.807) is 0 Å². The topological polar surface area (TPSA) is 38.0 Å². The Balaban J connectivity index is 2.08. The van der Waals surface area contributed by atoms with Crippen molar-refractivity contribution in [3.63, 3.8) is 0 Å². The fraction of sp³-hybridized carbons (Fsp3) is 0.571. The lowest BCUT2D eigenvalue weighted by Gasteiger charge is -2.28. The van der Waals surface area contributed by atoms with Crippen molar-refractivity contribution in [2.24, 2.45) is 0 Å². The molecule has 1 aliphatic rings. The zero-order valence-electron chi connectivity index (χ0n) is 11.1. The maximum absolute atomic E-state index is 5.90. The van der Waals surface area contributed by atoms with Gasteiger partial charge in [-0.15, -0.1) is 0 Å². The number of nitrogens with one attached hydrogen (secondary N) is 1. The van der Waals surface area contributed by atoms with Crippen molar-refractivity contribution in [1.29, 1.82) is 0 Å². The number of anilines is 2. The fourth-order valence-electron chi connectivity index (χ4n) is 2.56. The first-order valence-electron chi connectivity index (χ1n) is 6.41. The summed E-state index contributed by atoms with van der Waals surface area (Å²) in [5, 5.41) is 3.59. The van der Waals surface area contributed by atoms with Crippen LogP contribution in [0.25, 0.3) is 0 Å². The summed E-state index contributed by atoms with van der Waals surface area (Å²) in [5.41, 5.74) is 9.02. The molecule has 0 heterocycles. The van der Waals surface area contributed by atoms with Gasteiger partial charge in [-0.1, -0.05) is 12.8 Å². The standard InChI is InChI=1S/C14H21BrN2S/c1-10-7-13(11(15)8-12(10)16)17-9-14(18-2)5-3-4-6-14/h7-8,17H,3-6,9,16H2,1-2H3. The predicted octanol–water partition coefficient (Wildman–Crippen LogP) is 4.43. The van der Waals surface area contributed by atoms with Crippen molar-refractivity contribution in [1.82, 2.24) is 0 Å². The number of rotatable bonds is 4. The van der Waals surface area contributed by atoms with Gasteiger partial charge in [0.1, 0.15) is 0 Å². The van der Waals surface area contributed by atoms with Crippen molar-refractivity contribution < 1.29 is 0 Å². The first-order valence-corrected chi connectivity index (χ1v) is 8.43. The summed E-state index contributed by atoms with van der Waals surface area (Å²) in [4.78, 5) is 0.